The average Bonchev–Trinajstić information content (AvgIpc) is 3.51. The van der Waals surface area contributed by atoms with Gasteiger partial charge in [0.25, 0.3) is 0 Å². The van der Waals surface area contributed by atoms with Crippen molar-refractivity contribution >= 4 is 0 Å². The molecule has 32 heavy (non-hydrogen) atoms. The topological polar surface area (TPSA) is 47.6 Å². The zero-order valence-corrected chi connectivity index (χ0v) is 26.8. The Kier molecular flexibility index (Phi) is 38.6. The Morgan fingerprint density at radius 1 is 0.281 bits per heavy atom. The zero-order chi connectivity index (χ0) is 23.1. The second-order valence-corrected chi connectivity index (χ2v) is 11.6. The standard InChI is InChI=1S/4C5H10.2C4H10N.2Dy/c4*1-2-4-5-3-1;2*1-4(2,3)5;;/h4*1-5H2;2*5H,1-3H3;;/q;;;;2*-1;2*+3. The summed E-state index contributed by atoms with van der Waals surface area (Å²) in [6, 6.07) is 0. The van der Waals surface area contributed by atoms with E-state index in [2.05, 4.69) is 0 Å². The van der Waals surface area contributed by atoms with Crippen LogP contribution in [0.25, 0.3) is 11.5 Å². The van der Waals surface area contributed by atoms with Gasteiger partial charge in [-0.05, 0) is 0 Å². The largest absolute Gasteiger partial charge is 3.00 e. The fraction of sp³-hybridized carbons (Fsp3) is 1.00. The molecule has 0 aliphatic heterocycles. The maximum atomic E-state index is 6.94. The summed E-state index contributed by atoms with van der Waals surface area (Å²) in [5.74, 6) is 0. The van der Waals surface area contributed by atoms with Crippen molar-refractivity contribution in [2.45, 2.75) is 181 Å². The van der Waals surface area contributed by atoms with Crippen molar-refractivity contribution in [3.05, 3.63) is 11.5 Å². The van der Waals surface area contributed by atoms with Crippen LogP contribution in [0, 0.1) is 76.3 Å². The van der Waals surface area contributed by atoms with E-state index in [0.29, 0.717) is 0 Å². The molecule has 0 aromatic carbocycles. The second-order valence-electron chi connectivity index (χ2n) is 11.6. The van der Waals surface area contributed by atoms with Crippen molar-refractivity contribution in [1.82, 2.24) is 0 Å². The Bertz CT molecular complexity index is 212. The SMILES string of the molecule is C1CCCC1.C1CCCC1.C1CCCC1.C1CCCC1.CC(C)(C)[NH-].CC(C)(C)[NH-].[Dy+3].[Dy+3]. The third-order valence-electron chi connectivity index (χ3n) is 5.00. The molecule has 4 fully saturated rings. The summed E-state index contributed by atoms with van der Waals surface area (Å²) >= 11 is 0. The molecule has 0 unspecified atom stereocenters. The summed E-state index contributed by atoms with van der Waals surface area (Å²) in [5.41, 5.74) is 13.4. The molecule has 2 N–H and O–H groups in total. The summed E-state index contributed by atoms with van der Waals surface area (Å²) < 4.78 is 0. The molecule has 4 aliphatic rings. The van der Waals surface area contributed by atoms with Crippen molar-refractivity contribution in [3.8, 4) is 0 Å². The molecule has 0 bridgehead atoms. The van der Waals surface area contributed by atoms with E-state index in [-0.39, 0.29) is 87.4 Å². The van der Waals surface area contributed by atoms with Gasteiger partial charge in [-0.1, -0.05) is 170 Å². The minimum atomic E-state index is -0.250. The van der Waals surface area contributed by atoms with Crippen LogP contribution >= 0.6 is 0 Å². The van der Waals surface area contributed by atoms with Crippen LogP contribution in [0.4, 0.5) is 0 Å². The molecule has 0 amide bonds. The Labute approximate surface area is 265 Å². The fourth-order valence-corrected chi connectivity index (χ4v) is 3.54. The molecule has 0 saturated heterocycles. The van der Waals surface area contributed by atoms with E-state index in [4.69, 9.17) is 11.5 Å². The van der Waals surface area contributed by atoms with Gasteiger partial charge >= 0.3 is 76.3 Å². The van der Waals surface area contributed by atoms with E-state index in [1.54, 1.807) is 0 Å². The van der Waals surface area contributed by atoms with Crippen LogP contribution < -0.4 is 0 Å². The molecule has 4 rings (SSSR count). The van der Waals surface area contributed by atoms with Crippen LogP contribution in [0.2, 0.25) is 0 Å². The summed E-state index contributed by atoms with van der Waals surface area (Å²) in [6.07, 6.45) is 30.0. The molecule has 198 valence electrons. The predicted molar refractivity (Wildman–Crippen MR) is 140 cm³/mol. The maximum absolute atomic E-state index is 6.94. The first-order chi connectivity index (χ1) is 14.0. The number of rotatable bonds is 0. The van der Waals surface area contributed by atoms with Gasteiger partial charge in [-0.25, -0.2) is 0 Å². The van der Waals surface area contributed by atoms with Gasteiger partial charge in [0.05, 0.1) is 0 Å². The molecule has 0 aromatic heterocycles. The minimum Gasteiger partial charge on any atom is -0.673 e. The average molecular weight is 750 g/mol. The van der Waals surface area contributed by atoms with E-state index < -0.39 is 0 Å². The summed E-state index contributed by atoms with van der Waals surface area (Å²) in [5, 5.41) is 0. The molecule has 0 heterocycles. The third-order valence-corrected chi connectivity index (χ3v) is 5.00. The molecule has 2 radical (unpaired) electrons. The molecule has 4 heteroatoms. The monoisotopic (exact) mass is 752 g/mol. The molecule has 4 aliphatic carbocycles. The Morgan fingerprint density at radius 3 is 0.344 bits per heavy atom. The predicted octanol–water partition coefficient (Wildman–Crippen LogP) is 11.5. The second kappa shape index (κ2) is 29.7. The van der Waals surface area contributed by atoms with Gasteiger partial charge in [-0.15, -0.1) is 11.1 Å². The van der Waals surface area contributed by atoms with Crippen LogP contribution in [0.5, 0.6) is 0 Å². The van der Waals surface area contributed by atoms with Crippen molar-refractivity contribution in [1.29, 1.82) is 0 Å². The van der Waals surface area contributed by atoms with Gasteiger partial charge < -0.3 is 11.5 Å². The van der Waals surface area contributed by atoms with E-state index in [1.165, 1.54) is 128 Å². The fourth-order valence-electron chi connectivity index (χ4n) is 3.54. The number of nitrogens with one attached hydrogen (secondary N) is 2. The van der Waals surface area contributed by atoms with Crippen LogP contribution in [-0.4, -0.2) is 11.1 Å². The molecule has 0 atom stereocenters. The zero-order valence-electron chi connectivity index (χ0n) is 22.8. The van der Waals surface area contributed by atoms with Crippen LogP contribution in [0.15, 0.2) is 0 Å². The minimum absolute atomic E-state index is 0. The smallest absolute Gasteiger partial charge is 0.673 e. The first-order valence-corrected chi connectivity index (χ1v) is 13.5. The van der Waals surface area contributed by atoms with Gasteiger partial charge in [0.2, 0.25) is 0 Å². The molecule has 2 nitrogen and oxygen atoms in total. The number of hydrogen-bond acceptors (Lipinski definition) is 0. The maximum Gasteiger partial charge on any atom is 3.00 e. The van der Waals surface area contributed by atoms with Crippen molar-refractivity contribution in [2.75, 3.05) is 0 Å². The van der Waals surface area contributed by atoms with Gasteiger partial charge in [0.15, 0.2) is 0 Å². The van der Waals surface area contributed by atoms with Gasteiger partial charge in [0.1, 0.15) is 0 Å². The Hall–Kier alpha value is 2.47. The van der Waals surface area contributed by atoms with Gasteiger partial charge in [0, 0.05) is 0 Å². The molecular weight excluding hydrogens is 689 g/mol. The van der Waals surface area contributed by atoms with Crippen molar-refractivity contribution < 1.29 is 76.3 Å². The quantitative estimate of drug-likeness (QED) is 0.237. The Morgan fingerprint density at radius 2 is 0.312 bits per heavy atom. The van der Waals surface area contributed by atoms with Crippen molar-refractivity contribution in [2.24, 2.45) is 0 Å². The summed E-state index contributed by atoms with van der Waals surface area (Å²) in [7, 11) is 0. The summed E-state index contributed by atoms with van der Waals surface area (Å²) in [4.78, 5) is 0. The van der Waals surface area contributed by atoms with Crippen LogP contribution in [0.1, 0.15) is 170 Å². The molecule has 4 saturated carbocycles. The first-order valence-electron chi connectivity index (χ1n) is 13.5. The normalized spacial score (nSPS) is 18.8. The number of hydrogen-bond donors (Lipinski definition) is 0. The van der Waals surface area contributed by atoms with Crippen molar-refractivity contribution in [3.63, 3.8) is 0 Å². The summed E-state index contributed by atoms with van der Waals surface area (Å²) in [6.45, 7) is 11.1. The molecule has 0 spiro atoms. The van der Waals surface area contributed by atoms with Gasteiger partial charge in [-0.2, -0.15) is 0 Å². The van der Waals surface area contributed by atoms with Crippen LogP contribution in [0.3, 0.4) is 0 Å². The Balaban J connectivity index is -0.000000145. The van der Waals surface area contributed by atoms with E-state index in [1.807, 2.05) is 41.5 Å². The van der Waals surface area contributed by atoms with E-state index >= 15 is 0 Å². The van der Waals surface area contributed by atoms with E-state index in [9.17, 15) is 0 Å². The molecule has 0 aromatic rings. The molecular formula is C28H60Dy2N2+4. The van der Waals surface area contributed by atoms with Gasteiger partial charge in [-0.3, -0.25) is 0 Å². The van der Waals surface area contributed by atoms with Crippen LogP contribution in [-0.2, 0) is 0 Å². The third kappa shape index (κ3) is 63.7. The first kappa shape index (κ1) is 41.6. The van der Waals surface area contributed by atoms with E-state index in [0.717, 1.165) is 0 Å².